The lowest BCUT2D eigenvalue weighted by atomic mass is 9.82. The second-order valence-electron chi connectivity index (χ2n) is 7.36. The van der Waals surface area contributed by atoms with Crippen LogP contribution in [-0.2, 0) is 9.53 Å². The van der Waals surface area contributed by atoms with Crippen molar-refractivity contribution in [1.29, 1.82) is 0 Å². The van der Waals surface area contributed by atoms with Gasteiger partial charge in [0.25, 0.3) is 0 Å². The van der Waals surface area contributed by atoms with E-state index in [0.717, 1.165) is 38.6 Å². The molecule has 0 spiro atoms. The Labute approximate surface area is 131 Å². The zero-order valence-corrected chi connectivity index (χ0v) is 14.7. The molecule has 0 aromatic heterocycles. The lowest BCUT2D eigenvalue weighted by Gasteiger charge is -2.37. The highest BCUT2D eigenvalue weighted by molar-refractivity contribution is 5.76. The van der Waals surface area contributed by atoms with Crippen LogP contribution in [0, 0.1) is 5.41 Å². The van der Waals surface area contributed by atoms with Gasteiger partial charge in [-0.05, 0) is 39.0 Å². The number of carbonyl (C=O) groups excluding carboxylic acids is 1. The molecular formula is C18H36NO2+. The topological polar surface area (TPSA) is 26.3 Å². The van der Waals surface area contributed by atoms with Crippen LogP contribution in [0.2, 0.25) is 0 Å². The summed E-state index contributed by atoms with van der Waals surface area (Å²) < 4.78 is 6.75. The van der Waals surface area contributed by atoms with E-state index in [-0.39, 0.29) is 11.4 Å². The number of likely N-dealkylation sites (tertiary alicyclic amines) is 1. The fraction of sp³-hybridized carbons (Fsp3) is 0.944. The molecule has 1 atom stereocenters. The summed E-state index contributed by atoms with van der Waals surface area (Å²) in [7, 11) is 2.35. The first kappa shape index (κ1) is 18.5. The molecule has 0 aromatic carbocycles. The zero-order chi connectivity index (χ0) is 15.8. The molecule has 21 heavy (non-hydrogen) atoms. The molecule has 0 N–H and O–H groups in total. The van der Waals surface area contributed by atoms with Crippen molar-refractivity contribution in [2.45, 2.75) is 72.1 Å². The van der Waals surface area contributed by atoms with Gasteiger partial charge in [-0.15, -0.1) is 0 Å². The largest absolute Gasteiger partial charge is 0.465 e. The Balaban J connectivity index is 2.28. The minimum atomic E-state index is -0.278. The van der Waals surface area contributed by atoms with Crippen LogP contribution in [0.15, 0.2) is 0 Å². The van der Waals surface area contributed by atoms with E-state index in [9.17, 15) is 4.79 Å². The molecule has 0 bridgehead atoms. The average molecular weight is 298 g/mol. The van der Waals surface area contributed by atoms with Crippen LogP contribution in [0.25, 0.3) is 0 Å². The standard InChI is InChI=1S/C18H36NO2/c1-5-7-12-18(3,6-2)17(20)21-16-11-15-19(4)13-9-8-10-14-19/h5-16H2,1-4H3/q+1. The normalized spacial score (nSPS) is 20.8. The van der Waals surface area contributed by atoms with Gasteiger partial charge in [0.05, 0.1) is 38.7 Å². The number of hydrogen-bond acceptors (Lipinski definition) is 2. The molecule has 0 radical (unpaired) electrons. The van der Waals surface area contributed by atoms with Crippen molar-refractivity contribution in [2.75, 3.05) is 33.3 Å². The van der Waals surface area contributed by atoms with Crippen LogP contribution >= 0.6 is 0 Å². The summed E-state index contributed by atoms with van der Waals surface area (Å²) in [6.07, 6.45) is 9.15. The van der Waals surface area contributed by atoms with E-state index >= 15 is 0 Å². The van der Waals surface area contributed by atoms with Crippen LogP contribution in [0.5, 0.6) is 0 Å². The van der Waals surface area contributed by atoms with Gasteiger partial charge in [-0.2, -0.15) is 0 Å². The van der Waals surface area contributed by atoms with Crippen LogP contribution < -0.4 is 0 Å². The Morgan fingerprint density at radius 1 is 1.14 bits per heavy atom. The Bertz CT molecular complexity index is 310. The van der Waals surface area contributed by atoms with Gasteiger partial charge in [0.1, 0.15) is 0 Å². The van der Waals surface area contributed by atoms with Crippen LogP contribution in [0.3, 0.4) is 0 Å². The van der Waals surface area contributed by atoms with Gasteiger partial charge < -0.3 is 9.22 Å². The fourth-order valence-electron chi connectivity index (χ4n) is 3.27. The summed E-state index contributed by atoms with van der Waals surface area (Å²) in [6.45, 7) is 10.6. The van der Waals surface area contributed by atoms with Crippen molar-refractivity contribution in [1.82, 2.24) is 0 Å². The number of unbranched alkanes of at least 4 members (excludes halogenated alkanes) is 1. The van der Waals surface area contributed by atoms with E-state index < -0.39 is 0 Å². The molecular weight excluding hydrogens is 262 g/mol. The van der Waals surface area contributed by atoms with Crippen LogP contribution in [0.1, 0.15) is 72.1 Å². The lowest BCUT2D eigenvalue weighted by molar-refractivity contribution is -0.914. The summed E-state index contributed by atoms with van der Waals surface area (Å²) in [6, 6.07) is 0. The predicted molar refractivity (Wildman–Crippen MR) is 88.1 cm³/mol. The Morgan fingerprint density at radius 3 is 2.38 bits per heavy atom. The number of esters is 1. The van der Waals surface area contributed by atoms with Gasteiger partial charge in [0.15, 0.2) is 0 Å². The number of quaternary nitrogens is 1. The molecule has 0 saturated carbocycles. The molecule has 0 aromatic rings. The second kappa shape index (κ2) is 8.77. The zero-order valence-electron chi connectivity index (χ0n) is 14.7. The molecule has 3 nitrogen and oxygen atoms in total. The van der Waals surface area contributed by atoms with Gasteiger partial charge in [0, 0.05) is 6.42 Å². The van der Waals surface area contributed by atoms with Crippen molar-refractivity contribution in [2.24, 2.45) is 5.41 Å². The molecule has 1 heterocycles. The average Bonchev–Trinajstić information content (AvgIpc) is 2.49. The maximum atomic E-state index is 12.3. The third-order valence-corrected chi connectivity index (χ3v) is 5.33. The van der Waals surface area contributed by atoms with Crippen LogP contribution in [-0.4, -0.2) is 43.7 Å². The van der Waals surface area contributed by atoms with Gasteiger partial charge in [-0.1, -0.05) is 26.7 Å². The third kappa shape index (κ3) is 5.98. The van der Waals surface area contributed by atoms with Crippen molar-refractivity contribution in [3.8, 4) is 0 Å². The molecule has 1 rings (SSSR count). The quantitative estimate of drug-likeness (QED) is 0.363. The van der Waals surface area contributed by atoms with Gasteiger partial charge in [0.2, 0.25) is 0 Å². The minimum Gasteiger partial charge on any atom is -0.465 e. The summed E-state index contributed by atoms with van der Waals surface area (Å²) in [4.78, 5) is 12.3. The Morgan fingerprint density at radius 2 is 1.81 bits per heavy atom. The lowest BCUT2D eigenvalue weighted by Crippen LogP contribution is -2.48. The van der Waals surface area contributed by atoms with E-state index in [1.807, 2.05) is 0 Å². The van der Waals surface area contributed by atoms with Crippen molar-refractivity contribution in [3.63, 3.8) is 0 Å². The minimum absolute atomic E-state index is 0.0137. The summed E-state index contributed by atoms with van der Waals surface area (Å²) in [5.74, 6) is 0.0137. The van der Waals surface area contributed by atoms with Crippen molar-refractivity contribution >= 4 is 5.97 Å². The molecule has 1 aliphatic heterocycles. The maximum absolute atomic E-state index is 12.3. The molecule has 1 saturated heterocycles. The van der Waals surface area contributed by atoms with E-state index in [2.05, 4.69) is 27.8 Å². The number of ether oxygens (including phenoxy) is 1. The molecule has 1 fully saturated rings. The predicted octanol–water partition coefficient (Wildman–Crippen LogP) is 4.16. The number of carbonyl (C=O) groups is 1. The van der Waals surface area contributed by atoms with E-state index in [4.69, 9.17) is 4.74 Å². The maximum Gasteiger partial charge on any atom is 0.311 e. The van der Waals surface area contributed by atoms with Crippen molar-refractivity contribution in [3.05, 3.63) is 0 Å². The number of hydrogen-bond donors (Lipinski definition) is 0. The second-order valence-corrected chi connectivity index (χ2v) is 7.36. The molecule has 1 unspecified atom stereocenters. The van der Waals surface area contributed by atoms with Gasteiger partial charge >= 0.3 is 5.97 Å². The molecule has 124 valence electrons. The van der Waals surface area contributed by atoms with Crippen molar-refractivity contribution < 1.29 is 14.0 Å². The van der Waals surface area contributed by atoms with E-state index in [1.54, 1.807) is 0 Å². The first-order chi connectivity index (χ1) is 9.96. The fourth-order valence-corrected chi connectivity index (χ4v) is 3.27. The SMILES string of the molecule is CCCCC(C)(CC)C(=O)OCCC[N+]1(C)CCCCC1. The summed E-state index contributed by atoms with van der Waals surface area (Å²) in [5.41, 5.74) is -0.278. The first-order valence-corrected chi connectivity index (χ1v) is 8.96. The number of piperidine rings is 1. The highest BCUT2D eigenvalue weighted by Gasteiger charge is 2.32. The Hall–Kier alpha value is -0.570. The summed E-state index contributed by atoms with van der Waals surface area (Å²) in [5, 5.41) is 0. The van der Waals surface area contributed by atoms with Gasteiger partial charge in [-0.3, -0.25) is 4.79 Å². The number of nitrogens with zero attached hydrogens (tertiary/aromatic N) is 1. The monoisotopic (exact) mass is 298 g/mol. The molecule has 3 heteroatoms. The van der Waals surface area contributed by atoms with E-state index in [0.29, 0.717) is 6.61 Å². The first-order valence-electron chi connectivity index (χ1n) is 8.96. The van der Waals surface area contributed by atoms with E-state index in [1.165, 1.54) is 36.8 Å². The summed E-state index contributed by atoms with van der Waals surface area (Å²) >= 11 is 0. The molecule has 1 aliphatic rings. The molecule has 0 aliphatic carbocycles. The van der Waals surface area contributed by atoms with Gasteiger partial charge in [-0.25, -0.2) is 0 Å². The Kier molecular flexibility index (Phi) is 7.72. The smallest absolute Gasteiger partial charge is 0.311 e. The van der Waals surface area contributed by atoms with Crippen LogP contribution in [0.4, 0.5) is 0 Å². The molecule has 0 amide bonds. The third-order valence-electron chi connectivity index (χ3n) is 5.33. The highest BCUT2D eigenvalue weighted by Crippen LogP contribution is 2.29. The highest BCUT2D eigenvalue weighted by atomic mass is 16.5. The number of rotatable bonds is 9.